The first-order valence-corrected chi connectivity index (χ1v) is 4.77. The fraction of sp³-hybridized carbons (Fsp3) is 0. The molecule has 2 rings (SSSR count). The van der Waals surface area contributed by atoms with Gasteiger partial charge in [0, 0.05) is 5.56 Å². The van der Waals surface area contributed by atoms with E-state index in [0.29, 0.717) is 0 Å². The van der Waals surface area contributed by atoms with Crippen molar-refractivity contribution in [1.82, 2.24) is 0 Å². The first-order valence-electron chi connectivity index (χ1n) is 4.77. The topological polar surface area (TPSA) is 23.8 Å². The van der Waals surface area contributed by atoms with Gasteiger partial charge in [0.1, 0.15) is 5.82 Å². The third-order valence-electron chi connectivity index (χ3n) is 2.33. The highest BCUT2D eigenvalue weighted by Crippen LogP contribution is 2.25. The molecule has 0 saturated heterocycles. The van der Waals surface area contributed by atoms with Gasteiger partial charge in [-0.2, -0.15) is 5.26 Å². The van der Waals surface area contributed by atoms with Gasteiger partial charge in [0.2, 0.25) is 0 Å². The van der Waals surface area contributed by atoms with Gasteiger partial charge in [-0.15, -0.1) is 0 Å². The van der Waals surface area contributed by atoms with Crippen LogP contribution < -0.4 is 0 Å². The van der Waals surface area contributed by atoms with Crippen molar-refractivity contribution in [3.8, 4) is 17.2 Å². The minimum Gasteiger partial charge on any atom is -0.206 e. The quantitative estimate of drug-likeness (QED) is 0.737. The Hall–Kier alpha value is -2.28. The average molecular weight is 233 g/mol. The lowest BCUT2D eigenvalue weighted by molar-refractivity contribution is 0.509. The lowest BCUT2D eigenvalue weighted by Crippen LogP contribution is -1.89. The number of rotatable bonds is 1. The highest BCUT2D eigenvalue weighted by Gasteiger charge is 2.09. The summed E-state index contributed by atoms with van der Waals surface area (Å²) in [7, 11) is 0. The molecule has 0 aliphatic carbocycles. The van der Waals surface area contributed by atoms with Gasteiger partial charge in [0.05, 0.1) is 11.6 Å². The Morgan fingerprint density at radius 1 is 0.824 bits per heavy atom. The molecule has 0 aliphatic heterocycles. The standard InChI is InChI=1S/C13H6F3N/c14-11-4-2-9(6-13(11)16)10-3-1-8(7-17)5-12(10)15/h1-6H. The van der Waals surface area contributed by atoms with Gasteiger partial charge in [-0.05, 0) is 29.8 Å². The second-order valence-electron chi connectivity index (χ2n) is 3.44. The van der Waals surface area contributed by atoms with E-state index in [9.17, 15) is 13.2 Å². The smallest absolute Gasteiger partial charge is 0.159 e. The van der Waals surface area contributed by atoms with Crippen molar-refractivity contribution >= 4 is 0 Å². The minimum atomic E-state index is -1.04. The zero-order chi connectivity index (χ0) is 12.4. The van der Waals surface area contributed by atoms with Crippen LogP contribution in [0.5, 0.6) is 0 Å². The number of hydrogen-bond donors (Lipinski definition) is 0. The van der Waals surface area contributed by atoms with Crippen LogP contribution in [0.1, 0.15) is 5.56 Å². The molecule has 0 fully saturated rings. The molecule has 4 heteroatoms. The predicted molar refractivity (Wildman–Crippen MR) is 56.5 cm³/mol. The van der Waals surface area contributed by atoms with Gasteiger partial charge in [-0.3, -0.25) is 0 Å². The molecular weight excluding hydrogens is 227 g/mol. The van der Waals surface area contributed by atoms with Crippen molar-refractivity contribution in [2.45, 2.75) is 0 Å². The van der Waals surface area contributed by atoms with Gasteiger partial charge in [0.15, 0.2) is 11.6 Å². The summed E-state index contributed by atoms with van der Waals surface area (Å²) in [5.74, 6) is -2.66. The van der Waals surface area contributed by atoms with Gasteiger partial charge >= 0.3 is 0 Å². The molecule has 0 aliphatic rings. The first-order chi connectivity index (χ1) is 8.11. The van der Waals surface area contributed by atoms with Crippen LogP contribution in [0.2, 0.25) is 0 Å². The predicted octanol–water partition coefficient (Wildman–Crippen LogP) is 3.64. The van der Waals surface area contributed by atoms with E-state index in [0.717, 1.165) is 18.2 Å². The molecule has 2 aromatic rings. The highest BCUT2D eigenvalue weighted by molar-refractivity contribution is 5.65. The molecule has 0 aromatic heterocycles. The summed E-state index contributed by atoms with van der Waals surface area (Å²) in [6, 6.07) is 8.75. The molecule has 0 spiro atoms. The van der Waals surface area contributed by atoms with Crippen molar-refractivity contribution in [2.75, 3.05) is 0 Å². The second-order valence-corrected chi connectivity index (χ2v) is 3.44. The summed E-state index contributed by atoms with van der Waals surface area (Å²) in [5, 5.41) is 8.58. The third kappa shape index (κ3) is 2.13. The van der Waals surface area contributed by atoms with Gasteiger partial charge in [0.25, 0.3) is 0 Å². The molecule has 1 nitrogen and oxygen atoms in total. The molecule has 0 unspecified atom stereocenters. The molecule has 0 atom stereocenters. The molecule has 0 N–H and O–H groups in total. The van der Waals surface area contributed by atoms with Crippen LogP contribution in [0.3, 0.4) is 0 Å². The van der Waals surface area contributed by atoms with E-state index in [4.69, 9.17) is 5.26 Å². The lowest BCUT2D eigenvalue weighted by Gasteiger charge is -2.04. The van der Waals surface area contributed by atoms with E-state index in [-0.39, 0.29) is 16.7 Å². The number of hydrogen-bond acceptors (Lipinski definition) is 1. The van der Waals surface area contributed by atoms with E-state index in [1.165, 1.54) is 18.2 Å². The summed E-state index contributed by atoms with van der Waals surface area (Å²) in [5.41, 5.74) is 0.530. The normalized spacial score (nSPS) is 10.0. The van der Waals surface area contributed by atoms with Crippen LogP contribution in [0.25, 0.3) is 11.1 Å². The van der Waals surface area contributed by atoms with E-state index in [1.807, 2.05) is 0 Å². The molecule has 0 heterocycles. The van der Waals surface area contributed by atoms with Crippen LogP contribution >= 0.6 is 0 Å². The Bertz CT molecular complexity index is 615. The minimum absolute atomic E-state index is 0.128. The Balaban J connectivity index is 2.54. The molecular formula is C13H6F3N. The van der Waals surface area contributed by atoms with Gasteiger partial charge < -0.3 is 0 Å². The average Bonchev–Trinajstić information content (AvgIpc) is 2.32. The fourth-order valence-corrected chi connectivity index (χ4v) is 1.48. The second kappa shape index (κ2) is 4.30. The zero-order valence-electron chi connectivity index (χ0n) is 8.55. The number of benzene rings is 2. The molecule has 0 saturated carbocycles. The van der Waals surface area contributed by atoms with Crippen molar-refractivity contribution in [3.63, 3.8) is 0 Å². The van der Waals surface area contributed by atoms with Crippen LogP contribution in [-0.2, 0) is 0 Å². The number of halogens is 3. The maximum Gasteiger partial charge on any atom is 0.159 e. The summed E-state index contributed by atoms with van der Waals surface area (Å²) in [6.07, 6.45) is 0. The van der Waals surface area contributed by atoms with Crippen LogP contribution in [0.4, 0.5) is 13.2 Å². The highest BCUT2D eigenvalue weighted by atomic mass is 19.2. The molecule has 0 radical (unpaired) electrons. The van der Waals surface area contributed by atoms with Gasteiger partial charge in [-0.1, -0.05) is 12.1 Å². The number of nitrogens with zero attached hydrogens (tertiary/aromatic N) is 1. The summed E-state index contributed by atoms with van der Waals surface area (Å²) < 4.78 is 39.3. The van der Waals surface area contributed by atoms with Crippen LogP contribution in [0.15, 0.2) is 36.4 Å². The molecule has 0 amide bonds. The van der Waals surface area contributed by atoms with E-state index in [1.54, 1.807) is 6.07 Å². The number of nitriles is 1. The van der Waals surface area contributed by atoms with Crippen LogP contribution in [0, 0.1) is 28.8 Å². The SMILES string of the molecule is N#Cc1ccc(-c2ccc(F)c(F)c2)c(F)c1. The maximum atomic E-state index is 13.6. The fourth-order valence-electron chi connectivity index (χ4n) is 1.48. The summed E-state index contributed by atoms with van der Waals surface area (Å²) in [4.78, 5) is 0. The van der Waals surface area contributed by atoms with Gasteiger partial charge in [-0.25, -0.2) is 13.2 Å². The van der Waals surface area contributed by atoms with Crippen molar-refractivity contribution in [3.05, 3.63) is 59.4 Å². The lowest BCUT2D eigenvalue weighted by atomic mass is 10.0. The monoisotopic (exact) mass is 233 g/mol. The van der Waals surface area contributed by atoms with E-state index >= 15 is 0 Å². The van der Waals surface area contributed by atoms with E-state index < -0.39 is 17.5 Å². The Morgan fingerprint density at radius 2 is 1.59 bits per heavy atom. The first kappa shape index (κ1) is 11.2. The van der Waals surface area contributed by atoms with Crippen molar-refractivity contribution < 1.29 is 13.2 Å². The van der Waals surface area contributed by atoms with E-state index in [2.05, 4.69) is 0 Å². The Morgan fingerprint density at radius 3 is 2.18 bits per heavy atom. The Kier molecular flexibility index (Phi) is 2.84. The largest absolute Gasteiger partial charge is 0.206 e. The van der Waals surface area contributed by atoms with Crippen molar-refractivity contribution in [1.29, 1.82) is 5.26 Å². The zero-order valence-corrected chi connectivity index (χ0v) is 8.55. The Labute approximate surface area is 95.7 Å². The molecule has 84 valence electrons. The van der Waals surface area contributed by atoms with Crippen molar-refractivity contribution in [2.24, 2.45) is 0 Å². The molecule has 17 heavy (non-hydrogen) atoms. The summed E-state index contributed by atoms with van der Waals surface area (Å²) >= 11 is 0. The third-order valence-corrected chi connectivity index (χ3v) is 2.33. The molecule has 2 aromatic carbocycles. The summed E-state index contributed by atoms with van der Waals surface area (Å²) in [6.45, 7) is 0. The van der Waals surface area contributed by atoms with Crippen LogP contribution in [-0.4, -0.2) is 0 Å². The maximum absolute atomic E-state index is 13.6. The molecule has 0 bridgehead atoms.